The Morgan fingerprint density at radius 2 is 1.87 bits per heavy atom. The van der Waals surface area contributed by atoms with E-state index in [1.807, 2.05) is 0 Å². The summed E-state index contributed by atoms with van der Waals surface area (Å²) in [6, 6.07) is 8.79. The second-order valence-electron chi connectivity index (χ2n) is 4.96. The molecule has 82 valence electrons. The molecule has 2 unspecified atom stereocenters. The first-order chi connectivity index (χ1) is 7.18. The van der Waals surface area contributed by atoms with E-state index >= 15 is 0 Å². The van der Waals surface area contributed by atoms with Crippen molar-refractivity contribution in [1.29, 1.82) is 0 Å². The molecule has 15 heavy (non-hydrogen) atoms. The monoisotopic (exact) mass is 222 g/mol. The number of hydrogen-bond acceptors (Lipinski definition) is 0. The highest BCUT2D eigenvalue weighted by Crippen LogP contribution is 2.32. The zero-order valence-electron chi connectivity index (χ0n) is 9.54. The lowest BCUT2D eigenvalue weighted by atomic mass is 9.80. The van der Waals surface area contributed by atoms with Crippen LogP contribution in [-0.2, 0) is 12.8 Å². The van der Waals surface area contributed by atoms with Crippen LogP contribution >= 0.6 is 11.6 Å². The molecule has 2 rings (SSSR count). The summed E-state index contributed by atoms with van der Waals surface area (Å²) in [6.45, 7) is 4.44. The molecule has 0 saturated heterocycles. The molecule has 0 aromatic heterocycles. The zero-order valence-corrected chi connectivity index (χ0v) is 10.3. The molecule has 2 atom stereocenters. The van der Waals surface area contributed by atoms with Gasteiger partial charge in [-0.2, -0.15) is 0 Å². The first-order valence-corrected chi connectivity index (χ1v) is 6.33. The van der Waals surface area contributed by atoms with Crippen LogP contribution in [0.25, 0.3) is 0 Å². The van der Waals surface area contributed by atoms with Crippen LogP contribution in [0.2, 0.25) is 0 Å². The highest BCUT2D eigenvalue weighted by molar-refractivity contribution is 6.21. The molecule has 0 heterocycles. The van der Waals surface area contributed by atoms with E-state index in [1.54, 1.807) is 0 Å². The van der Waals surface area contributed by atoms with Gasteiger partial charge in [-0.25, -0.2) is 0 Å². The van der Waals surface area contributed by atoms with E-state index in [4.69, 9.17) is 11.6 Å². The molecule has 0 spiro atoms. The lowest BCUT2D eigenvalue weighted by Gasteiger charge is -2.30. The van der Waals surface area contributed by atoms with Crippen molar-refractivity contribution in [3.63, 3.8) is 0 Å². The van der Waals surface area contributed by atoms with Crippen LogP contribution in [0.1, 0.15) is 31.4 Å². The van der Waals surface area contributed by atoms with Crippen LogP contribution in [0, 0.1) is 11.8 Å². The van der Waals surface area contributed by atoms with Gasteiger partial charge in [-0.05, 0) is 42.2 Å². The summed E-state index contributed by atoms with van der Waals surface area (Å²) in [7, 11) is 0. The molecule has 0 aliphatic heterocycles. The predicted molar refractivity (Wildman–Crippen MR) is 66.4 cm³/mol. The SMILES string of the molecule is CC(C)C(Cl)C1CCc2ccccc2C1. The van der Waals surface area contributed by atoms with Gasteiger partial charge < -0.3 is 0 Å². The van der Waals surface area contributed by atoms with Crippen molar-refractivity contribution >= 4 is 11.6 Å². The fraction of sp³-hybridized carbons (Fsp3) is 0.571. The normalized spacial score (nSPS) is 22.5. The number of aryl methyl sites for hydroxylation is 1. The molecular weight excluding hydrogens is 204 g/mol. The van der Waals surface area contributed by atoms with Crippen molar-refractivity contribution in [1.82, 2.24) is 0 Å². The van der Waals surface area contributed by atoms with Gasteiger partial charge in [-0.1, -0.05) is 38.1 Å². The molecule has 1 aromatic rings. The third kappa shape index (κ3) is 2.36. The molecule has 1 aromatic carbocycles. The summed E-state index contributed by atoms with van der Waals surface area (Å²) >= 11 is 6.46. The van der Waals surface area contributed by atoms with Crippen LogP contribution in [0.4, 0.5) is 0 Å². The van der Waals surface area contributed by atoms with Crippen molar-refractivity contribution in [3.05, 3.63) is 35.4 Å². The minimum absolute atomic E-state index is 0.332. The average molecular weight is 223 g/mol. The van der Waals surface area contributed by atoms with E-state index < -0.39 is 0 Å². The van der Waals surface area contributed by atoms with E-state index in [-0.39, 0.29) is 0 Å². The van der Waals surface area contributed by atoms with Gasteiger partial charge in [0.1, 0.15) is 0 Å². The van der Waals surface area contributed by atoms with Crippen molar-refractivity contribution in [3.8, 4) is 0 Å². The van der Waals surface area contributed by atoms with Crippen LogP contribution in [0.15, 0.2) is 24.3 Å². The van der Waals surface area contributed by atoms with Gasteiger partial charge in [0.2, 0.25) is 0 Å². The van der Waals surface area contributed by atoms with E-state index in [0.717, 1.165) is 0 Å². The third-order valence-corrected chi connectivity index (χ3v) is 4.33. The zero-order chi connectivity index (χ0) is 10.8. The van der Waals surface area contributed by atoms with Crippen molar-refractivity contribution in [2.75, 3.05) is 0 Å². The highest BCUT2D eigenvalue weighted by atomic mass is 35.5. The standard InChI is InChI=1S/C14H19Cl/c1-10(2)14(15)13-8-7-11-5-3-4-6-12(11)9-13/h3-6,10,13-14H,7-9H2,1-2H3. The van der Waals surface area contributed by atoms with Crippen molar-refractivity contribution in [2.45, 2.75) is 38.5 Å². The lowest BCUT2D eigenvalue weighted by molar-refractivity contribution is 0.378. The fourth-order valence-electron chi connectivity index (χ4n) is 2.54. The molecule has 0 saturated carbocycles. The summed E-state index contributed by atoms with van der Waals surface area (Å²) in [6.07, 6.45) is 3.63. The molecule has 1 aliphatic rings. The Bertz CT molecular complexity index is 330. The summed E-state index contributed by atoms with van der Waals surface area (Å²) in [5.74, 6) is 1.25. The van der Waals surface area contributed by atoms with Gasteiger partial charge in [0.25, 0.3) is 0 Å². The smallest absolute Gasteiger partial charge is 0.0390 e. The molecule has 1 aliphatic carbocycles. The largest absolute Gasteiger partial charge is 0.122 e. The first-order valence-electron chi connectivity index (χ1n) is 5.89. The Balaban J connectivity index is 2.12. The lowest BCUT2D eigenvalue weighted by Crippen LogP contribution is -2.26. The quantitative estimate of drug-likeness (QED) is 0.663. The minimum Gasteiger partial charge on any atom is -0.122 e. The molecule has 0 fully saturated rings. The maximum atomic E-state index is 6.46. The van der Waals surface area contributed by atoms with E-state index in [9.17, 15) is 0 Å². The van der Waals surface area contributed by atoms with Crippen molar-refractivity contribution in [2.24, 2.45) is 11.8 Å². The van der Waals surface area contributed by atoms with Crippen LogP contribution in [0.5, 0.6) is 0 Å². The Kier molecular flexibility index (Phi) is 3.35. The third-order valence-electron chi connectivity index (χ3n) is 3.47. The van der Waals surface area contributed by atoms with Gasteiger partial charge >= 0.3 is 0 Å². The number of hydrogen-bond donors (Lipinski definition) is 0. The molecule has 0 nitrogen and oxygen atoms in total. The Labute approximate surface area is 97.6 Å². The molecule has 0 radical (unpaired) electrons. The minimum atomic E-state index is 0.332. The summed E-state index contributed by atoms with van der Waals surface area (Å²) < 4.78 is 0. The van der Waals surface area contributed by atoms with E-state index in [0.29, 0.717) is 17.2 Å². The Morgan fingerprint density at radius 1 is 1.20 bits per heavy atom. The molecule has 0 amide bonds. The second-order valence-corrected chi connectivity index (χ2v) is 5.46. The van der Waals surface area contributed by atoms with Crippen LogP contribution in [-0.4, -0.2) is 5.38 Å². The predicted octanol–water partition coefficient (Wildman–Crippen LogP) is 4.05. The molecule has 0 N–H and O–H groups in total. The topological polar surface area (TPSA) is 0 Å². The fourth-order valence-corrected chi connectivity index (χ4v) is 2.76. The summed E-state index contributed by atoms with van der Waals surface area (Å²) in [4.78, 5) is 0. The summed E-state index contributed by atoms with van der Waals surface area (Å²) in [5.41, 5.74) is 3.04. The van der Waals surface area contributed by atoms with E-state index in [1.165, 1.54) is 30.4 Å². The number of halogens is 1. The first kappa shape index (κ1) is 11.0. The Morgan fingerprint density at radius 3 is 2.53 bits per heavy atom. The van der Waals surface area contributed by atoms with Gasteiger partial charge in [0.05, 0.1) is 0 Å². The van der Waals surface area contributed by atoms with Gasteiger partial charge in [0, 0.05) is 5.38 Å². The van der Waals surface area contributed by atoms with Gasteiger partial charge in [-0.3, -0.25) is 0 Å². The van der Waals surface area contributed by atoms with Crippen molar-refractivity contribution < 1.29 is 0 Å². The maximum absolute atomic E-state index is 6.46. The Hall–Kier alpha value is -0.490. The maximum Gasteiger partial charge on any atom is 0.0390 e. The van der Waals surface area contributed by atoms with E-state index in [2.05, 4.69) is 38.1 Å². The number of fused-ring (bicyclic) bond motifs is 1. The van der Waals surface area contributed by atoms with Gasteiger partial charge in [0.15, 0.2) is 0 Å². The molecular formula is C14H19Cl. The number of rotatable bonds is 2. The number of alkyl halides is 1. The molecule has 0 bridgehead atoms. The second kappa shape index (κ2) is 4.57. The van der Waals surface area contributed by atoms with Crippen LogP contribution in [0.3, 0.4) is 0 Å². The average Bonchev–Trinajstić information content (AvgIpc) is 2.27. The van der Waals surface area contributed by atoms with Gasteiger partial charge in [-0.15, -0.1) is 11.6 Å². The van der Waals surface area contributed by atoms with Crippen LogP contribution < -0.4 is 0 Å². The molecule has 1 heteroatoms. The number of benzene rings is 1. The summed E-state index contributed by atoms with van der Waals surface area (Å²) in [5, 5.41) is 0.332. The highest BCUT2D eigenvalue weighted by Gasteiger charge is 2.26.